The van der Waals surface area contributed by atoms with Gasteiger partial charge >= 0.3 is 0 Å². The largest absolute Gasteiger partial charge is 0.380 e. The minimum absolute atomic E-state index is 0.701. The average molecular weight is 336 g/mol. The Morgan fingerprint density at radius 1 is 1.21 bits per heavy atom. The normalized spacial score (nSPS) is 15.0. The molecule has 0 atom stereocenters. The lowest BCUT2D eigenvalue weighted by atomic mass is 10.2. The highest BCUT2D eigenvalue weighted by Gasteiger charge is 2.13. The highest BCUT2D eigenvalue weighted by atomic mass is 16.5. The van der Waals surface area contributed by atoms with Crippen molar-refractivity contribution in [2.45, 2.75) is 58.9 Å². The summed E-state index contributed by atoms with van der Waals surface area (Å²) in [5, 5.41) is 15.3. The lowest BCUT2D eigenvalue weighted by molar-refractivity contribution is 0.152. The van der Waals surface area contributed by atoms with Crippen molar-refractivity contribution in [3.05, 3.63) is 11.6 Å². The highest BCUT2D eigenvalue weighted by Crippen LogP contribution is 2.15. The number of rotatable bonds is 9. The molecule has 0 radical (unpaired) electrons. The molecule has 0 unspecified atom stereocenters. The fraction of sp³-hybridized carbons (Fsp3) is 0.824. The molecule has 0 fully saturated rings. The first-order chi connectivity index (χ1) is 11.8. The van der Waals surface area contributed by atoms with E-state index in [9.17, 15) is 0 Å². The molecule has 0 aromatic carbocycles. The summed E-state index contributed by atoms with van der Waals surface area (Å²) < 4.78 is 7.66. The van der Waals surface area contributed by atoms with E-state index < -0.39 is 0 Å². The molecule has 1 aromatic rings. The van der Waals surface area contributed by atoms with Crippen molar-refractivity contribution in [3.63, 3.8) is 0 Å². The fourth-order valence-electron chi connectivity index (χ4n) is 2.89. The second-order valence-corrected chi connectivity index (χ2v) is 5.98. The van der Waals surface area contributed by atoms with Crippen LogP contribution in [0.5, 0.6) is 0 Å². The summed E-state index contributed by atoms with van der Waals surface area (Å²) in [6, 6.07) is 0. The van der Waals surface area contributed by atoms with Crippen molar-refractivity contribution in [2.24, 2.45) is 4.99 Å². The Labute approximate surface area is 145 Å². The topological polar surface area (TPSA) is 76.4 Å². The van der Waals surface area contributed by atoms with Crippen LogP contribution in [0.15, 0.2) is 4.99 Å². The minimum atomic E-state index is 0.701. The van der Waals surface area contributed by atoms with Gasteiger partial charge in [0.05, 0.1) is 6.61 Å². The van der Waals surface area contributed by atoms with Gasteiger partial charge in [0.15, 0.2) is 5.96 Å². The Hall–Kier alpha value is -1.63. The minimum Gasteiger partial charge on any atom is -0.380 e. The average Bonchev–Trinajstić information content (AvgIpc) is 2.82. The summed E-state index contributed by atoms with van der Waals surface area (Å²) >= 11 is 0. The first-order valence-corrected chi connectivity index (χ1v) is 9.36. The van der Waals surface area contributed by atoms with Gasteiger partial charge in [-0.05, 0) is 33.1 Å². The van der Waals surface area contributed by atoms with E-state index in [-0.39, 0.29) is 0 Å². The van der Waals surface area contributed by atoms with Crippen LogP contribution in [-0.4, -0.2) is 53.6 Å². The van der Waals surface area contributed by atoms with Crippen molar-refractivity contribution in [3.8, 4) is 0 Å². The third-order valence-corrected chi connectivity index (χ3v) is 4.10. The molecule has 0 saturated heterocycles. The summed E-state index contributed by atoms with van der Waals surface area (Å²) in [6.07, 6.45) is 6.77. The van der Waals surface area contributed by atoms with E-state index in [0.29, 0.717) is 6.61 Å². The summed E-state index contributed by atoms with van der Waals surface area (Å²) in [4.78, 5) is 4.62. The molecular formula is C17H32N6O. The zero-order valence-corrected chi connectivity index (χ0v) is 15.2. The Balaban J connectivity index is 1.76. The quantitative estimate of drug-likeness (QED) is 0.406. The van der Waals surface area contributed by atoms with Crippen LogP contribution in [0.25, 0.3) is 0 Å². The molecule has 7 heteroatoms. The van der Waals surface area contributed by atoms with Gasteiger partial charge in [-0.3, -0.25) is 4.99 Å². The molecule has 0 aliphatic carbocycles. The summed E-state index contributed by atoms with van der Waals surface area (Å²) in [5.74, 6) is 3.14. The Bertz CT molecular complexity index is 499. The summed E-state index contributed by atoms with van der Waals surface area (Å²) in [5.41, 5.74) is 0. The Morgan fingerprint density at radius 2 is 2.12 bits per heavy atom. The van der Waals surface area contributed by atoms with Gasteiger partial charge < -0.3 is 19.9 Å². The Kier molecular flexibility index (Phi) is 8.59. The smallest absolute Gasteiger partial charge is 0.191 e. The van der Waals surface area contributed by atoms with E-state index in [2.05, 4.69) is 37.3 Å². The molecule has 2 N–H and O–H groups in total. The summed E-state index contributed by atoms with van der Waals surface area (Å²) in [6.45, 7) is 9.02. The number of hydrogen-bond acceptors (Lipinski definition) is 4. The van der Waals surface area contributed by atoms with E-state index in [4.69, 9.17) is 4.74 Å². The van der Waals surface area contributed by atoms with Crippen LogP contribution in [0, 0.1) is 0 Å². The first-order valence-electron chi connectivity index (χ1n) is 9.36. The number of aliphatic imine (C=N–C) groups is 1. The van der Waals surface area contributed by atoms with E-state index in [1.165, 1.54) is 19.3 Å². The molecule has 0 amide bonds. The highest BCUT2D eigenvalue weighted by molar-refractivity contribution is 5.79. The van der Waals surface area contributed by atoms with Crippen molar-refractivity contribution in [1.29, 1.82) is 0 Å². The summed E-state index contributed by atoms with van der Waals surface area (Å²) in [7, 11) is 0. The van der Waals surface area contributed by atoms with E-state index in [1.54, 1.807) is 0 Å². The monoisotopic (exact) mass is 336 g/mol. The number of aryl methyl sites for hydroxylation is 2. The van der Waals surface area contributed by atoms with Gasteiger partial charge in [-0.25, -0.2) is 0 Å². The van der Waals surface area contributed by atoms with E-state index in [1.807, 2.05) is 6.92 Å². The van der Waals surface area contributed by atoms with Crippen LogP contribution in [0.4, 0.5) is 0 Å². The van der Waals surface area contributed by atoms with Crippen LogP contribution in [-0.2, 0) is 24.1 Å². The molecule has 0 saturated carbocycles. The molecular weight excluding hydrogens is 304 g/mol. The zero-order chi connectivity index (χ0) is 17.0. The van der Waals surface area contributed by atoms with Crippen molar-refractivity contribution < 1.29 is 4.74 Å². The maximum absolute atomic E-state index is 5.34. The van der Waals surface area contributed by atoms with Crippen molar-refractivity contribution in [2.75, 3.05) is 32.8 Å². The Morgan fingerprint density at radius 3 is 2.96 bits per heavy atom. The van der Waals surface area contributed by atoms with Gasteiger partial charge in [-0.1, -0.05) is 6.42 Å². The van der Waals surface area contributed by atoms with Gasteiger partial charge in [0.25, 0.3) is 0 Å². The molecule has 1 aromatic heterocycles. The van der Waals surface area contributed by atoms with Crippen LogP contribution in [0.2, 0.25) is 0 Å². The van der Waals surface area contributed by atoms with Gasteiger partial charge in [-0.15, -0.1) is 10.2 Å². The fourth-order valence-corrected chi connectivity index (χ4v) is 2.89. The van der Waals surface area contributed by atoms with Crippen molar-refractivity contribution >= 4 is 5.96 Å². The number of guanidine groups is 1. The number of nitrogens with zero attached hydrogens (tertiary/aromatic N) is 4. The molecule has 2 heterocycles. The number of hydrogen-bond donors (Lipinski definition) is 2. The predicted molar refractivity (Wildman–Crippen MR) is 96.4 cm³/mol. The SMILES string of the molecule is CCNC(=NCCCc1nnc2n1CCCCC2)NCCOCC. The van der Waals surface area contributed by atoms with Gasteiger partial charge in [-0.2, -0.15) is 0 Å². The lowest BCUT2D eigenvalue weighted by Crippen LogP contribution is -2.39. The number of ether oxygens (including phenoxy) is 1. The maximum Gasteiger partial charge on any atom is 0.191 e. The van der Waals surface area contributed by atoms with Gasteiger partial charge in [0, 0.05) is 45.6 Å². The van der Waals surface area contributed by atoms with Gasteiger partial charge in [0.1, 0.15) is 11.6 Å². The molecule has 136 valence electrons. The first kappa shape index (κ1) is 18.7. The van der Waals surface area contributed by atoms with Crippen LogP contribution in [0.3, 0.4) is 0 Å². The molecule has 2 rings (SSSR count). The second-order valence-electron chi connectivity index (χ2n) is 5.98. The van der Waals surface area contributed by atoms with Crippen LogP contribution < -0.4 is 10.6 Å². The second kappa shape index (κ2) is 11.0. The van der Waals surface area contributed by atoms with E-state index >= 15 is 0 Å². The van der Waals surface area contributed by atoms with Gasteiger partial charge in [0.2, 0.25) is 0 Å². The molecule has 24 heavy (non-hydrogen) atoms. The third kappa shape index (κ3) is 6.11. The van der Waals surface area contributed by atoms with Crippen LogP contribution in [0.1, 0.15) is 51.2 Å². The zero-order valence-electron chi connectivity index (χ0n) is 15.2. The molecule has 1 aliphatic rings. The van der Waals surface area contributed by atoms with Crippen molar-refractivity contribution in [1.82, 2.24) is 25.4 Å². The molecule has 0 bridgehead atoms. The number of aromatic nitrogens is 3. The van der Waals surface area contributed by atoms with E-state index in [0.717, 1.165) is 69.7 Å². The number of nitrogens with one attached hydrogen (secondary N) is 2. The number of fused-ring (bicyclic) bond motifs is 1. The predicted octanol–water partition coefficient (Wildman–Crippen LogP) is 1.53. The third-order valence-electron chi connectivity index (χ3n) is 4.10. The molecule has 1 aliphatic heterocycles. The molecule has 7 nitrogen and oxygen atoms in total. The standard InChI is InChI=1S/C17H32N6O/c1-3-18-17(20-12-14-24-4-2)19-11-8-10-16-22-21-15-9-6-5-7-13-23(15)16/h3-14H2,1-2H3,(H2,18,19,20). The van der Waals surface area contributed by atoms with Crippen LogP contribution >= 0.6 is 0 Å². The maximum atomic E-state index is 5.34. The lowest BCUT2D eigenvalue weighted by Gasteiger charge is -2.11. The molecule has 0 spiro atoms.